The highest BCUT2D eigenvalue weighted by Gasteiger charge is 2.23. The van der Waals surface area contributed by atoms with Crippen LogP contribution in [-0.4, -0.2) is 37.9 Å². The summed E-state index contributed by atoms with van der Waals surface area (Å²) in [6, 6.07) is 14.6. The van der Waals surface area contributed by atoms with Crippen molar-refractivity contribution < 1.29 is 8.42 Å². The molecule has 3 rings (SSSR count). The number of nitrogens with one attached hydrogen (secondary N) is 1. The van der Waals surface area contributed by atoms with E-state index >= 15 is 0 Å². The first-order valence-corrected chi connectivity index (χ1v) is 10.2. The van der Waals surface area contributed by atoms with Crippen LogP contribution >= 0.6 is 0 Å². The number of fused-ring (bicyclic) bond motifs is 1. The molecule has 0 unspecified atom stereocenters. The predicted molar refractivity (Wildman–Crippen MR) is 102 cm³/mol. The maximum atomic E-state index is 13.1. The largest absolute Gasteiger partial charge is 0.360 e. The van der Waals surface area contributed by atoms with Gasteiger partial charge in [0, 0.05) is 23.6 Å². The Kier molecular flexibility index (Phi) is 5.25. The molecule has 1 aromatic heterocycles. The fraction of sp³-hybridized carbons (Fsp3) is 0.300. The van der Waals surface area contributed by atoms with Gasteiger partial charge in [-0.25, -0.2) is 8.42 Å². The molecule has 4 nitrogen and oxygen atoms in total. The summed E-state index contributed by atoms with van der Waals surface area (Å²) in [6.45, 7) is 7.20. The molecule has 1 N–H and O–H groups in total. The van der Waals surface area contributed by atoms with Crippen LogP contribution in [-0.2, 0) is 16.3 Å². The Hall–Kier alpha value is -2.11. The number of aromatic nitrogens is 1. The van der Waals surface area contributed by atoms with E-state index in [9.17, 15) is 8.42 Å². The van der Waals surface area contributed by atoms with Gasteiger partial charge in [-0.2, -0.15) is 0 Å². The zero-order valence-corrected chi connectivity index (χ0v) is 15.5. The number of hydrogen-bond acceptors (Lipinski definition) is 3. The van der Waals surface area contributed by atoms with Crippen molar-refractivity contribution in [3.63, 3.8) is 0 Å². The number of rotatable bonds is 7. The third kappa shape index (κ3) is 3.48. The average molecular weight is 356 g/mol. The average Bonchev–Trinajstić information content (AvgIpc) is 3.09. The minimum absolute atomic E-state index is 0.328. The standard InChI is InChI=1S/C20H24N2O2S/c1-3-22(4-2)14-13-16-9-8-12-18-20(16)19(15-21-18)25(23,24)17-10-6-5-7-11-17/h5-12,15,21H,3-4,13-14H2,1-2H3. The summed E-state index contributed by atoms with van der Waals surface area (Å²) in [5.41, 5.74) is 1.94. The van der Waals surface area contributed by atoms with Gasteiger partial charge in [0.2, 0.25) is 9.84 Å². The third-order valence-electron chi connectivity index (χ3n) is 4.69. The molecule has 0 fully saturated rings. The number of nitrogens with zero attached hydrogens (tertiary/aromatic N) is 1. The molecule has 132 valence electrons. The molecule has 25 heavy (non-hydrogen) atoms. The van der Waals surface area contributed by atoms with Crippen molar-refractivity contribution in [1.82, 2.24) is 9.88 Å². The monoisotopic (exact) mass is 356 g/mol. The highest BCUT2D eigenvalue weighted by Crippen LogP contribution is 2.31. The fourth-order valence-electron chi connectivity index (χ4n) is 3.19. The molecule has 0 bridgehead atoms. The van der Waals surface area contributed by atoms with Gasteiger partial charge in [-0.3, -0.25) is 0 Å². The topological polar surface area (TPSA) is 53.2 Å². The number of hydrogen-bond donors (Lipinski definition) is 1. The Morgan fingerprint density at radius 1 is 0.960 bits per heavy atom. The Balaban J connectivity index is 2.06. The van der Waals surface area contributed by atoms with Crippen LogP contribution in [0.5, 0.6) is 0 Å². The van der Waals surface area contributed by atoms with Crippen LogP contribution in [0.2, 0.25) is 0 Å². The van der Waals surface area contributed by atoms with Crippen molar-refractivity contribution in [2.75, 3.05) is 19.6 Å². The van der Waals surface area contributed by atoms with Gasteiger partial charge in [-0.1, -0.05) is 44.2 Å². The number of H-pyrrole nitrogens is 1. The van der Waals surface area contributed by atoms with E-state index in [0.29, 0.717) is 9.79 Å². The van der Waals surface area contributed by atoms with Crippen molar-refractivity contribution in [2.45, 2.75) is 30.1 Å². The number of benzene rings is 2. The van der Waals surface area contributed by atoms with Gasteiger partial charge in [-0.05, 0) is 43.3 Å². The van der Waals surface area contributed by atoms with Crippen molar-refractivity contribution in [2.24, 2.45) is 0 Å². The predicted octanol–water partition coefficient (Wildman–Crippen LogP) is 3.89. The van der Waals surface area contributed by atoms with Crippen LogP contribution in [0.15, 0.2) is 64.5 Å². The maximum Gasteiger partial charge on any atom is 0.208 e. The van der Waals surface area contributed by atoms with Gasteiger partial charge in [0.15, 0.2) is 0 Å². The molecule has 0 aliphatic carbocycles. The SMILES string of the molecule is CCN(CC)CCc1cccc2[nH]cc(S(=O)(=O)c3ccccc3)c12. The molecule has 2 aromatic carbocycles. The minimum atomic E-state index is -3.54. The quantitative estimate of drug-likeness (QED) is 0.699. The second-order valence-corrected chi connectivity index (χ2v) is 8.00. The first-order valence-electron chi connectivity index (χ1n) is 8.69. The van der Waals surface area contributed by atoms with Crippen LogP contribution < -0.4 is 0 Å². The summed E-state index contributed by atoms with van der Waals surface area (Å²) in [7, 11) is -3.54. The Bertz CT molecular complexity index is 942. The van der Waals surface area contributed by atoms with Gasteiger partial charge in [0.1, 0.15) is 0 Å². The van der Waals surface area contributed by atoms with Crippen LogP contribution in [0.25, 0.3) is 10.9 Å². The zero-order valence-electron chi connectivity index (χ0n) is 14.7. The number of aromatic amines is 1. The highest BCUT2D eigenvalue weighted by molar-refractivity contribution is 7.91. The van der Waals surface area contributed by atoms with Gasteiger partial charge < -0.3 is 9.88 Å². The molecule has 0 spiro atoms. The van der Waals surface area contributed by atoms with Crippen molar-refractivity contribution in [3.8, 4) is 0 Å². The van der Waals surface area contributed by atoms with E-state index < -0.39 is 9.84 Å². The molecule has 3 aromatic rings. The van der Waals surface area contributed by atoms with Gasteiger partial charge in [-0.15, -0.1) is 0 Å². The molecule has 0 aliphatic rings. The van der Waals surface area contributed by atoms with E-state index in [-0.39, 0.29) is 0 Å². The van der Waals surface area contributed by atoms with Crippen LogP contribution in [0.3, 0.4) is 0 Å². The van der Waals surface area contributed by atoms with Gasteiger partial charge >= 0.3 is 0 Å². The molecule has 0 radical (unpaired) electrons. The van der Waals surface area contributed by atoms with E-state index in [2.05, 4.69) is 23.7 Å². The summed E-state index contributed by atoms with van der Waals surface area (Å²) >= 11 is 0. The summed E-state index contributed by atoms with van der Waals surface area (Å²) in [5.74, 6) is 0. The fourth-order valence-corrected chi connectivity index (χ4v) is 4.69. The van der Waals surface area contributed by atoms with Crippen molar-refractivity contribution >= 4 is 20.7 Å². The van der Waals surface area contributed by atoms with E-state index in [0.717, 1.165) is 42.5 Å². The van der Waals surface area contributed by atoms with Gasteiger partial charge in [0.25, 0.3) is 0 Å². The van der Waals surface area contributed by atoms with Crippen molar-refractivity contribution in [1.29, 1.82) is 0 Å². The molecule has 0 saturated carbocycles. The molecule has 0 saturated heterocycles. The molecular formula is C20H24N2O2S. The summed E-state index contributed by atoms with van der Waals surface area (Å²) < 4.78 is 26.2. The molecule has 5 heteroatoms. The molecule has 1 heterocycles. The lowest BCUT2D eigenvalue weighted by Gasteiger charge is -2.18. The summed E-state index contributed by atoms with van der Waals surface area (Å²) in [5, 5.41) is 0.818. The van der Waals surface area contributed by atoms with Gasteiger partial charge in [0.05, 0.1) is 9.79 Å². The lowest BCUT2D eigenvalue weighted by atomic mass is 10.1. The molecule has 0 atom stereocenters. The maximum absolute atomic E-state index is 13.1. The van der Waals surface area contributed by atoms with Crippen molar-refractivity contribution in [3.05, 3.63) is 60.3 Å². The minimum Gasteiger partial charge on any atom is -0.360 e. The zero-order chi connectivity index (χ0) is 17.9. The summed E-state index contributed by atoms with van der Waals surface area (Å²) in [6.07, 6.45) is 2.45. The smallest absolute Gasteiger partial charge is 0.208 e. The lowest BCUT2D eigenvalue weighted by Crippen LogP contribution is -2.25. The third-order valence-corrected chi connectivity index (χ3v) is 6.48. The number of sulfone groups is 1. The van der Waals surface area contributed by atoms with E-state index in [1.165, 1.54) is 0 Å². The van der Waals surface area contributed by atoms with Crippen LogP contribution in [0.4, 0.5) is 0 Å². The Labute approximate surface area is 149 Å². The van der Waals surface area contributed by atoms with Crippen LogP contribution in [0, 0.1) is 0 Å². The Morgan fingerprint density at radius 3 is 2.36 bits per heavy atom. The first-order chi connectivity index (χ1) is 12.1. The second-order valence-electron chi connectivity index (χ2n) is 6.09. The van der Waals surface area contributed by atoms with Crippen LogP contribution in [0.1, 0.15) is 19.4 Å². The molecular weight excluding hydrogens is 332 g/mol. The van der Waals surface area contributed by atoms with E-state index in [4.69, 9.17) is 0 Å². The second kappa shape index (κ2) is 7.42. The van der Waals surface area contributed by atoms with E-state index in [1.54, 1.807) is 30.5 Å². The molecule has 0 amide bonds. The Morgan fingerprint density at radius 2 is 1.68 bits per heavy atom. The van der Waals surface area contributed by atoms with E-state index in [1.807, 2.05) is 24.3 Å². The normalized spacial score (nSPS) is 12.1. The molecule has 0 aliphatic heterocycles. The lowest BCUT2D eigenvalue weighted by molar-refractivity contribution is 0.308. The first kappa shape index (κ1) is 17.7. The number of likely N-dealkylation sites (N-methyl/N-ethyl adjacent to an activating group) is 1. The highest BCUT2D eigenvalue weighted by atomic mass is 32.2. The summed E-state index contributed by atoms with van der Waals surface area (Å²) in [4.78, 5) is 6.16.